The molecule has 70 valence electrons. The lowest BCUT2D eigenvalue weighted by Gasteiger charge is -2.13. The number of benzene rings is 1. The van der Waals surface area contributed by atoms with Gasteiger partial charge in [0.15, 0.2) is 0 Å². The highest BCUT2D eigenvalue weighted by Gasteiger charge is 2.23. The largest absolute Gasteiger partial charge is 0.158 e. The van der Waals surface area contributed by atoms with Crippen molar-refractivity contribution < 1.29 is 0 Å². The summed E-state index contributed by atoms with van der Waals surface area (Å²) in [5.41, 5.74) is 1.49. The number of hydrogen-bond acceptors (Lipinski definition) is 1. The lowest BCUT2D eigenvalue weighted by molar-refractivity contribution is 0.562. The zero-order chi connectivity index (χ0) is 9.10. The highest BCUT2D eigenvalue weighted by Crippen LogP contribution is 2.33. The summed E-state index contributed by atoms with van der Waals surface area (Å²) in [5, 5.41) is 0.863. The Kier molecular flexibility index (Phi) is 2.94. The highest BCUT2D eigenvalue weighted by atomic mass is 32.2. The molecule has 1 aromatic carbocycles. The van der Waals surface area contributed by atoms with E-state index in [9.17, 15) is 0 Å². The SMILES string of the molecule is CC1CCSC1Cc1ccccc1. The Labute approximate surface area is 84.7 Å². The second-order valence-corrected chi connectivity index (χ2v) is 5.21. The predicted octanol–water partition coefficient (Wildman–Crippen LogP) is 3.37. The van der Waals surface area contributed by atoms with Crippen molar-refractivity contribution in [3.8, 4) is 0 Å². The quantitative estimate of drug-likeness (QED) is 0.692. The van der Waals surface area contributed by atoms with Gasteiger partial charge in [0.05, 0.1) is 0 Å². The van der Waals surface area contributed by atoms with Gasteiger partial charge in [-0.1, -0.05) is 37.3 Å². The second kappa shape index (κ2) is 4.19. The Morgan fingerprint density at radius 3 is 2.69 bits per heavy atom. The third kappa shape index (κ3) is 2.28. The number of rotatable bonds is 2. The van der Waals surface area contributed by atoms with Crippen molar-refractivity contribution in [3.63, 3.8) is 0 Å². The van der Waals surface area contributed by atoms with E-state index in [2.05, 4.69) is 49.0 Å². The fourth-order valence-electron chi connectivity index (χ4n) is 1.86. The van der Waals surface area contributed by atoms with Gasteiger partial charge in [0.25, 0.3) is 0 Å². The molecule has 1 aliphatic rings. The molecule has 0 saturated carbocycles. The van der Waals surface area contributed by atoms with E-state index in [-0.39, 0.29) is 0 Å². The monoisotopic (exact) mass is 192 g/mol. The van der Waals surface area contributed by atoms with Gasteiger partial charge < -0.3 is 0 Å². The van der Waals surface area contributed by atoms with Crippen LogP contribution >= 0.6 is 11.8 Å². The first-order chi connectivity index (χ1) is 6.36. The smallest absolute Gasteiger partial charge is 0.0113 e. The molecule has 1 aromatic rings. The molecule has 2 atom stereocenters. The van der Waals surface area contributed by atoms with E-state index in [0.717, 1.165) is 11.2 Å². The molecule has 0 aliphatic carbocycles. The molecule has 0 bridgehead atoms. The van der Waals surface area contributed by atoms with Crippen molar-refractivity contribution in [1.29, 1.82) is 0 Å². The summed E-state index contributed by atoms with van der Waals surface area (Å²) in [6.45, 7) is 2.38. The molecule has 0 amide bonds. The highest BCUT2D eigenvalue weighted by molar-refractivity contribution is 8.00. The summed E-state index contributed by atoms with van der Waals surface area (Å²) in [5.74, 6) is 2.27. The van der Waals surface area contributed by atoms with Crippen LogP contribution in [0.5, 0.6) is 0 Å². The Bertz CT molecular complexity index is 255. The molecule has 1 fully saturated rings. The molecule has 2 rings (SSSR count). The van der Waals surface area contributed by atoms with Crippen LogP contribution in [-0.4, -0.2) is 11.0 Å². The van der Waals surface area contributed by atoms with Gasteiger partial charge in [-0.15, -0.1) is 0 Å². The van der Waals surface area contributed by atoms with Gasteiger partial charge in [-0.25, -0.2) is 0 Å². The van der Waals surface area contributed by atoms with Crippen LogP contribution in [0, 0.1) is 5.92 Å². The first kappa shape index (κ1) is 9.14. The van der Waals surface area contributed by atoms with Gasteiger partial charge in [-0.05, 0) is 30.1 Å². The average Bonchev–Trinajstić information content (AvgIpc) is 2.54. The maximum absolute atomic E-state index is 2.38. The van der Waals surface area contributed by atoms with Gasteiger partial charge in [0.1, 0.15) is 0 Å². The van der Waals surface area contributed by atoms with Crippen LogP contribution in [0.1, 0.15) is 18.9 Å². The van der Waals surface area contributed by atoms with Crippen LogP contribution < -0.4 is 0 Å². The third-order valence-corrected chi connectivity index (χ3v) is 4.35. The fraction of sp³-hybridized carbons (Fsp3) is 0.500. The first-order valence-corrected chi connectivity index (χ1v) is 6.06. The molecule has 0 radical (unpaired) electrons. The summed E-state index contributed by atoms with van der Waals surface area (Å²) in [4.78, 5) is 0. The lowest BCUT2D eigenvalue weighted by atomic mass is 9.99. The summed E-state index contributed by atoms with van der Waals surface area (Å²) in [6, 6.07) is 10.9. The molecule has 1 heterocycles. The minimum atomic E-state index is 0.863. The molecular formula is C12H16S. The fourth-order valence-corrected chi connectivity index (χ4v) is 3.45. The topological polar surface area (TPSA) is 0 Å². The van der Waals surface area contributed by atoms with E-state index in [1.165, 1.54) is 24.2 Å². The molecule has 0 N–H and O–H groups in total. The van der Waals surface area contributed by atoms with Crippen LogP contribution in [0.25, 0.3) is 0 Å². The summed E-state index contributed by atoms with van der Waals surface area (Å²) < 4.78 is 0. The maximum Gasteiger partial charge on any atom is 0.0113 e. The van der Waals surface area contributed by atoms with E-state index >= 15 is 0 Å². The Balaban J connectivity index is 1.98. The molecule has 1 heteroatoms. The van der Waals surface area contributed by atoms with E-state index < -0.39 is 0 Å². The van der Waals surface area contributed by atoms with Crippen molar-refractivity contribution in [2.24, 2.45) is 5.92 Å². The van der Waals surface area contributed by atoms with Crippen LogP contribution in [0.15, 0.2) is 30.3 Å². The van der Waals surface area contributed by atoms with Crippen LogP contribution in [0.4, 0.5) is 0 Å². The van der Waals surface area contributed by atoms with Crippen molar-refractivity contribution >= 4 is 11.8 Å². The van der Waals surface area contributed by atoms with E-state index in [1.54, 1.807) is 0 Å². The van der Waals surface area contributed by atoms with Crippen molar-refractivity contribution in [3.05, 3.63) is 35.9 Å². The van der Waals surface area contributed by atoms with Crippen molar-refractivity contribution in [1.82, 2.24) is 0 Å². The number of thioether (sulfide) groups is 1. The molecule has 1 saturated heterocycles. The van der Waals surface area contributed by atoms with E-state index in [1.807, 2.05) is 0 Å². The minimum absolute atomic E-state index is 0.863. The van der Waals surface area contributed by atoms with Gasteiger partial charge in [0, 0.05) is 5.25 Å². The summed E-state index contributed by atoms with van der Waals surface area (Å²) in [7, 11) is 0. The molecule has 0 aromatic heterocycles. The van der Waals surface area contributed by atoms with Crippen LogP contribution in [0.2, 0.25) is 0 Å². The minimum Gasteiger partial charge on any atom is -0.158 e. The predicted molar refractivity (Wildman–Crippen MR) is 60.2 cm³/mol. The zero-order valence-electron chi connectivity index (χ0n) is 8.07. The summed E-state index contributed by atoms with van der Waals surface area (Å²) in [6.07, 6.45) is 2.66. The van der Waals surface area contributed by atoms with Crippen LogP contribution in [-0.2, 0) is 6.42 Å². The summed E-state index contributed by atoms with van der Waals surface area (Å²) >= 11 is 2.15. The van der Waals surface area contributed by atoms with E-state index in [0.29, 0.717) is 0 Å². The molecule has 1 aliphatic heterocycles. The van der Waals surface area contributed by atoms with Crippen LogP contribution in [0.3, 0.4) is 0 Å². The zero-order valence-corrected chi connectivity index (χ0v) is 8.89. The van der Waals surface area contributed by atoms with Gasteiger partial charge >= 0.3 is 0 Å². The normalized spacial score (nSPS) is 27.8. The molecule has 0 spiro atoms. The van der Waals surface area contributed by atoms with E-state index in [4.69, 9.17) is 0 Å². The molecular weight excluding hydrogens is 176 g/mol. The first-order valence-electron chi connectivity index (χ1n) is 5.02. The molecule has 13 heavy (non-hydrogen) atoms. The van der Waals surface area contributed by atoms with Gasteiger partial charge in [0.2, 0.25) is 0 Å². The number of hydrogen-bond donors (Lipinski definition) is 0. The maximum atomic E-state index is 2.38. The molecule has 2 unspecified atom stereocenters. The standard InChI is InChI=1S/C12H16S/c1-10-7-8-13-12(10)9-11-5-3-2-4-6-11/h2-6,10,12H,7-9H2,1H3. The van der Waals surface area contributed by atoms with Crippen molar-refractivity contribution in [2.75, 3.05) is 5.75 Å². The Morgan fingerprint density at radius 1 is 1.31 bits per heavy atom. The average molecular weight is 192 g/mol. The second-order valence-electron chi connectivity index (χ2n) is 3.86. The third-order valence-electron chi connectivity index (χ3n) is 2.82. The van der Waals surface area contributed by atoms with Gasteiger partial charge in [-0.3, -0.25) is 0 Å². The Hall–Kier alpha value is -0.430. The lowest BCUT2D eigenvalue weighted by Crippen LogP contribution is -2.10. The Morgan fingerprint density at radius 2 is 2.08 bits per heavy atom. The van der Waals surface area contributed by atoms with Gasteiger partial charge in [-0.2, -0.15) is 11.8 Å². The molecule has 0 nitrogen and oxygen atoms in total. The van der Waals surface area contributed by atoms with Crippen molar-refractivity contribution in [2.45, 2.75) is 25.0 Å².